The number of carboxylic acid groups (broad SMARTS) is 1. The van der Waals surface area contributed by atoms with Gasteiger partial charge in [-0.2, -0.15) is 0 Å². The number of fused-ring (bicyclic) bond motifs is 1. The molecule has 0 saturated carbocycles. The zero-order chi connectivity index (χ0) is 17.9. The smallest absolute Gasteiger partial charge is 0.313 e. The molecule has 0 spiro atoms. The van der Waals surface area contributed by atoms with E-state index in [9.17, 15) is 14.7 Å². The third-order valence-electron chi connectivity index (χ3n) is 5.03. The number of hydrogen-bond acceptors (Lipinski definition) is 3. The van der Waals surface area contributed by atoms with Crippen LogP contribution in [0, 0.1) is 5.41 Å². The Morgan fingerprint density at radius 2 is 1.96 bits per heavy atom. The molecule has 132 valence electrons. The minimum atomic E-state index is -0.999. The average Bonchev–Trinajstić information content (AvgIpc) is 2.62. The van der Waals surface area contributed by atoms with E-state index in [2.05, 4.69) is 0 Å². The molecule has 1 amide bonds. The van der Waals surface area contributed by atoms with Gasteiger partial charge in [-0.25, -0.2) is 0 Å². The zero-order valence-electron chi connectivity index (χ0n) is 14.4. The van der Waals surface area contributed by atoms with Crippen molar-refractivity contribution in [3.8, 4) is 0 Å². The molecule has 25 heavy (non-hydrogen) atoms. The van der Waals surface area contributed by atoms with Crippen molar-refractivity contribution in [2.45, 2.75) is 19.3 Å². The molecule has 0 radical (unpaired) electrons. The minimum Gasteiger partial charge on any atom is -0.481 e. The Bertz CT molecular complexity index is 779. The van der Waals surface area contributed by atoms with Crippen molar-refractivity contribution in [3.05, 3.63) is 48.0 Å². The second kappa shape index (κ2) is 7.23. The first-order valence-corrected chi connectivity index (χ1v) is 8.52. The van der Waals surface area contributed by atoms with Gasteiger partial charge in [0.15, 0.2) is 0 Å². The lowest BCUT2D eigenvalue weighted by Crippen LogP contribution is -2.52. The van der Waals surface area contributed by atoms with Gasteiger partial charge in [0.25, 0.3) is 0 Å². The third-order valence-corrected chi connectivity index (χ3v) is 5.03. The fourth-order valence-corrected chi connectivity index (χ4v) is 3.70. The maximum atomic E-state index is 12.8. The number of carbonyl (C=O) groups is 2. The first-order chi connectivity index (χ1) is 12.1. The van der Waals surface area contributed by atoms with Gasteiger partial charge in [-0.05, 0) is 29.2 Å². The number of methoxy groups -OCH3 is 1. The Hall–Kier alpha value is -2.40. The largest absolute Gasteiger partial charge is 0.481 e. The second-order valence-electron chi connectivity index (χ2n) is 6.75. The predicted molar refractivity (Wildman–Crippen MR) is 95.4 cm³/mol. The Labute approximate surface area is 147 Å². The van der Waals surface area contributed by atoms with E-state index < -0.39 is 11.4 Å². The van der Waals surface area contributed by atoms with Gasteiger partial charge >= 0.3 is 5.97 Å². The first-order valence-electron chi connectivity index (χ1n) is 8.52. The first kappa shape index (κ1) is 17.4. The van der Waals surface area contributed by atoms with Crippen molar-refractivity contribution in [1.29, 1.82) is 0 Å². The van der Waals surface area contributed by atoms with E-state index in [4.69, 9.17) is 4.74 Å². The van der Waals surface area contributed by atoms with Gasteiger partial charge < -0.3 is 14.7 Å². The topological polar surface area (TPSA) is 66.8 Å². The molecule has 5 nitrogen and oxygen atoms in total. The van der Waals surface area contributed by atoms with Crippen LogP contribution < -0.4 is 0 Å². The van der Waals surface area contributed by atoms with Crippen LogP contribution in [0.1, 0.15) is 18.4 Å². The van der Waals surface area contributed by atoms with Crippen LogP contribution in [0.3, 0.4) is 0 Å². The quantitative estimate of drug-likeness (QED) is 0.908. The van der Waals surface area contributed by atoms with E-state index in [0.29, 0.717) is 19.4 Å². The van der Waals surface area contributed by atoms with E-state index in [0.717, 1.165) is 16.3 Å². The molecule has 2 aromatic rings. The van der Waals surface area contributed by atoms with Crippen molar-refractivity contribution in [2.24, 2.45) is 5.41 Å². The Morgan fingerprint density at radius 1 is 1.20 bits per heavy atom. The van der Waals surface area contributed by atoms with Crippen LogP contribution in [0.15, 0.2) is 42.5 Å². The van der Waals surface area contributed by atoms with Crippen molar-refractivity contribution in [3.63, 3.8) is 0 Å². The number of carbonyl (C=O) groups excluding carboxylic acids is 1. The second-order valence-corrected chi connectivity index (χ2v) is 6.75. The molecular formula is C20H23NO4. The highest BCUT2D eigenvalue weighted by Gasteiger charge is 2.43. The van der Waals surface area contributed by atoms with Crippen LogP contribution in [0.4, 0.5) is 0 Å². The van der Waals surface area contributed by atoms with Crippen LogP contribution in [0.25, 0.3) is 10.8 Å². The summed E-state index contributed by atoms with van der Waals surface area (Å²) < 4.78 is 5.13. The van der Waals surface area contributed by atoms with E-state index in [1.807, 2.05) is 42.5 Å². The molecule has 1 N–H and O–H groups in total. The number of ether oxygens (including phenoxy) is 1. The number of amides is 1. The molecule has 3 rings (SSSR count). The van der Waals surface area contributed by atoms with E-state index >= 15 is 0 Å². The fraction of sp³-hybridized carbons (Fsp3) is 0.400. The average molecular weight is 341 g/mol. The molecule has 1 aliphatic rings. The Balaban J connectivity index is 1.79. The highest BCUT2D eigenvalue weighted by atomic mass is 16.5. The third kappa shape index (κ3) is 3.51. The summed E-state index contributed by atoms with van der Waals surface area (Å²) in [4.78, 5) is 26.2. The highest BCUT2D eigenvalue weighted by molar-refractivity contribution is 5.90. The maximum absolute atomic E-state index is 12.8. The lowest BCUT2D eigenvalue weighted by atomic mass is 9.80. The summed E-state index contributed by atoms with van der Waals surface area (Å²) in [5.41, 5.74) is -0.0251. The van der Waals surface area contributed by atoms with Crippen molar-refractivity contribution < 1.29 is 19.4 Å². The standard InChI is InChI=1S/C20H23NO4/c1-25-14-20(19(23)24)10-5-11-21(13-20)18(22)12-16-8-4-7-15-6-2-3-9-17(15)16/h2-4,6-9H,5,10-14H2,1H3,(H,23,24). The fourth-order valence-electron chi connectivity index (χ4n) is 3.70. The molecule has 5 heteroatoms. The monoisotopic (exact) mass is 341 g/mol. The number of piperidine rings is 1. The summed E-state index contributed by atoms with van der Waals surface area (Å²) >= 11 is 0. The Kier molecular flexibility index (Phi) is 5.04. The van der Waals surface area contributed by atoms with Gasteiger partial charge in [-0.15, -0.1) is 0 Å². The summed E-state index contributed by atoms with van der Waals surface area (Å²) in [6.07, 6.45) is 1.50. The number of benzene rings is 2. The van der Waals surface area contributed by atoms with Gasteiger partial charge in [-0.1, -0.05) is 42.5 Å². The lowest BCUT2D eigenvalue weighted by molar-refractivity contribution is -0.159. The van der Waals surface area contributed by atoms with Crippen LogP contribution >= 0.6 is 0 Å². The molecular weight excluding hydrogens is 318 g/mol. The number of likely N-dealkylation sites (tertiary alicyclic amines) is 1. The molecule has 1 unspecified atom stereocenters. The maximum Gasteiger partial charge on any atom is 0.313 e. The summed E-state index contributed by atoms with van der Waals surface area (Å²) in [5, 5.41) is 11.8. The lowest BCUT2D eigenvalue weighted by Gasteiger charge is -2.39. The minimum absolute atomic E-state index is 0.0298. The van der Waals surface area contributed by atoms with Gasteiger partial charge in [0.05, 0.1) is 13.0 Å². The van der Waals surface area contributed by atoms with E-state index in [-0.39, 0.29) is 25.5 Å². The molecule has 1 fully saturated rings. The molecule has 2 aromatic carbocycles. The van der Waals surface area contributed by atoms with Gasteiger partial charge in [0.2, 0.25) is 5.91 Å². The molecule has 0 bridgehead atoms. The van der Waals surface area contributed by atoms with Crippen molar-refractivity contribution in [1.82, 2.24) is 4.90 Å². The SMILES string of the molecule is COCC1(C(=O)O)CCCN(C(=O)Cc2cccc3ccccc23)C1. The number of hydrogen-bond donors (Lipinski definition) is 1. The highest BCUT2D eigenvalue weighted by Crippen LogP contribution is 2.31. The summed E-state index contributed by atoms with van der Waals surface area (Å²) in [7, 11) is 1.50. The molecule has 1 atom stereocenters. The number of carboxylic acids is 1. The normalized spacial score (nSPS) is 20.6. The summed E-state index contributed by atoms with van der Waals surface area (Å²) in [6.45, 7) is 0.933. The van der Waals surface area contributed by atoms with Crippen molar-refractivity contribution in [2.75, 3.05) is 26.8 Å². The molecule has 1 aliphatic heterocycles. The number of rotatable bonds is 5. The summed E-state index contributed by atoms with van der Waals surface area (Å²) in [6, 6.07) is 13.9. The zero-order valence-corrected chi connectivity index (χ0v) is 14.4. The van der Waals surface area contributed by atoms with Crippen LogP contribution in [-0.2, 0) is 20.7 Å². The Morgan fingerprint density at radius 3 is 2.72 bits per heavy atom. The molecule has 0 aliphatic carbocycles. The van der Waals surface area contributed by atoms with E-state index in [1.165, 1.54) is 7.11 Å². The molecule has 1 saturated heterocycles. The van der Waals surface area contributed by atoms with Crippen molar-refractivity contribution >= 4 is 22.6 Å². The number of aliphatic carboxylic acids is 1. The van der Waals surface area contributed by atoms with Gasteiger partial charge in [0, 0.05) is 20.2 Å². The number of nitrogens with zero attached hydrogens (tertiary/aromatic N) is 1. The summed E-state index contributed by atoms with van der Waals surface area (Å²) in [5.74, 6) is -0.921. The van der Waals surface area contributed by atoms with Crippen LogP contribution in [-0.4, -0.2) is 48.7 Å². The van der Waals surface area contributed by atoms with Gasteiger partial charge in [-0.3, -0.25) is 9.59 Å². The van der Waals surface area contributed by atoms with Gasteiger partial charge in [0.1, 0.15) is 5.41 Å². The molecule has 1 heterocycles. The predicted octanol–water partition coefficient (Wildman–Crippen LogP) is 2.72. The van der Waals surface area contributed by atoms with Crippen LogP contribution in [0.2, 0.25) is 0 Å². The molecule has 0 aromatic heterocycles. The van der Waals surface area contributed by atoms with Crippen LogP contribution in [0.5, 0.6) is 0 Å². The van der Waals surface area contributed by atoms with E-state index in [1.54, 1.807) is 4.90 Å².